The summed E-state index contributed by atoms with van der Waals surface area (Å²) in [5.41, 5.74) is 3.01. The molecule has 0 N–H and O–H groups in total. The summed E-state index contributed by atoms with van der Waals surface area (Å²) >= 11 is 5.77. The number of hydrogen-bond donors (Lipinski definition) is 0. The highest BCUT2D eigenvalue weighted by Gasteiger charge is 2.25. The molecule has 3 heterocycles. The van der Waals surface area contributed by atoms with E-state index in [9.17, 15) is 9.59 Å². The lowest BCUT2D eigenvalue weighted by atomic mass is 9.97. The van der Waals surface area contributed by atoms with Gasteiger partial charge >= 0.3 is 0 Å². The second kappa shape index (κ2) is 8.41. The highest BCUT2D eigenvalue weighted by atomic mass is 35.5. The van der Waals surface area contributed by atoms with Gasteiger partial charge in [0.2, 0.25) is 11.7 Å². The van der Waals surface area contributed by atoms with Crippen LogP contribution in [0.2, 0.25) is 5.02 Å². The molecule has 2 amide bonds. The van der Waals surface area contributed by atoms with Gasteiger partial charge in [0.05, 0.1) is 11.6 Å². The zero-order chi connectivity index (χ0) is 19.4. The SMILES string of the molecule is CN(C)C(=O)COCc1cncc2c1CCN(C(=O)c1ncc(Cl)cn1)C2. The molecule has 0 saturated heterocycles. The van der Waals surface area contributed by atoms with E-state index in [1.165, 1.54) is 17.3 Å². The lowest BCUT2D eigenvalue weighted by Crippen LogP contribution is -2.37. The van der Waals surface area contributed by atoms with E-state index in [0.29, 0.717) is 31.1 Å². The number of rotatable bonds is 5. The van der Waals surface area contributed by atoms with Crippen molar-refractivity contribution in [2.75, 3.05) is 27.2 Å². The van der Waals surface area contributed by atoms with Gasteiger partial charge in [-0.1, -0.05) is 11.6 Å². The first kappa shape index (κ1) is 19.2. The van der Waals surface area contributed by atoms with Crippen LogP contribution in [0.5, 0.6) is 0 Å². The Morgan fingerprint density at radius 3 is 2.67 bits per heavy atom. The van der Waals surface area contributed by atoms with E-state index in [2.05, 4.69) is 15.0 Å². The second-order valence-electron chi connectivity index (χ2n) is 6.42. The molecular weight excluding hydrogens is 370 g/mol. The predicted octanol–water partition coefficient (Wildman–Crippen LogP) is 1.33. The zero-order valence-corrected chi connectivity index (χ0v) is 15.9. The average Bonchev–Trinajstić information content (AvgIpc) is 2.67. The van der Waals surface area contributed by atoms with Crippen molar-refractivity contribution in [3.05, 3.63) is 52.3 Å². The molecule has 0 unspecified atom stereocenters. The summed E-state index contributed by atoms with van der Waals surface area (Å²) < 4.78 is 5.52. The van der Waals surface area contributed by atoms with Crippen LogP contribution < -0.4 is 0 Å². The number of nitrogens with zero attached hydrogens (tertiary/aromatic N) is 5. The van der Waals surface area contributed by atoms with Crippen molar-refractivity contribution in [1.29, 1.82) is 0 Å². The standard InChI is InChI=1S/C18H20ClN5O3/c1-23(2)16(25)11-27-10-13-6-20-5-12-9-24(4-3-15(12)13)18(26)17-21-7-14(19)8-22-17/h5-8H,3-4,9-11H2,1-2H3. The lowest BCUT2D eigenvalue weighted by Gasteiger charge is -2.29. The van der Waals surface area contributed by atoms with Crippen LogP contribution in [0.15, 0.2) is 24.8 Å². The summed E-state index contributed by atoms with van der Waals surface area (Å²) in [5.74, 6) is -0.208. The summed E-state index contributed by atoms with van der Waals surface area (Å²) in [6.45, 7) is 1.31. The number of pyridine rings is 1. The number of carbonyl (C=O) groups is 2. The number of likely N-dealkylation sites (N-methyl/N-ethyl adjacent to an activating group) is 1. The third-order valence-corrected chi connectivity index (χ3v) is 4.50. The van der Waals surface area contributed by atoms with Crippen molar-refractivity contribution in [3.63, 3.8) is 0 Å². The van der Waals surface area contributed by atoms with Gasteiger partial charge in [0.25, 0.3) is 5.91 Å². The first-order valence-corrected chi connectivity index (χ1v) is 8.83. The van der Waals surface area contributed by atoms with Crippen molar-refractivity contribution < 1.29 is 14.3 Å². The lowest BCUT2D eigenvalue weighted by molar-refractivity contribution is -0.133. The number of carbonyl (C=O) groups excluding carboxylic acids is 2. The van der Waals surface area contributed by atoms with Crippen LogP contribution >= 0.6 is 11.6 Å². The highest BCUT2D eigenvalue weighted by molar-refractivity contribution is 6.30. The molecule has 8 nitrogen and oxygen atoms in total. The maximum absolute atomic E-state index is 12.6. The molecule has 27 heavy (non-hydrogen) atoms. The number of amides is 2. The third-order valence-electron chi connectivity index (χ3n) is 4.31. The molecule has 142 valence electrons. The fraction of sp³-hybridized carbons (Fsp3) is 0.389. The molecule has 2 aromatic heterocycles. The number of ether oxygens (including phenoxy) is 1. The molecule has 0 aliphatic carbocycles. The Hall–Kier alpha value is -2.58. The van der Waals surface area contributed by atoms with E-state index in [-0.39, 0.29) is 24.2 Å². The smallest absolute Gasteiger partial charge is 0.291 e. The number of hydrogen-bond acceptors (Lipinski definition) is 6. The van der Waals surface area contributed by atoms with E-state index < -0.39 is 0 Å². The predicted molar refractivity (Wildman–Crippen MR) is 98.1 cm³/mol. The zero-order valence-electron chi connectivity index (χ0n) is 15.2. The van der Waals surface area contributed by atoms with Crippen LogP contribution in [-0.2, 0) is 29.1 Å². The summed E-state index contributed by atoms with van der Waals surface area (Å²) in [6.07, 6.45) is 7.00. The molecule has 0 aromatic carbocycles. The van der Waals surface area contributed by atoms with E-state index in [1.807, 2.05) is 0 Å². The maximum Gasteiger partial charge on any atom is 0.291 e. The normalized spacial score (nSPS) is 13.2. The van der Waals surface area contributed by atoms with Crippen LogP contribution in [0.3, 0.4) is 0 Å². The van der Waals surface area contributed by atoms with E-state index in [1.54, 1.807) is 31.4 Å². The molecule has 1 aliphatic heterocycles. The Kier molecular flexibility index (Phi) is 5.98. The Morgan fingerprint density at radius 1 is 1.22 bits per heavy atom. The monoisotopic (exact) mass is 389 g/mol. The summed E-state index contributed by atoms with van der Waals surface area (Å²) in [7, 11) is 3.38. The van der Waals surface area contributed by atoms with Gasteiger partial charge < -0.3 is 14.5 Å². The van der Waals surface area contributed by atoms with E-state index in [4.69, 9.17) is 16.3 Å². The summed E-state index contributed by atoms with van der Waals surface area (Å²) in [4.78, 5) is 39.6. The van der Waals surface area contributed by atoms with Gasteiger partial charge in [-0.05, 0) is 23.1 Å². The van der Waals surface area contributed by atoms with Gasteiger partial charge in [0.1, 0.15) is 6.61 Å². The summed E-state index contributed by atoms with van der Waals surface area (Å²) in [6, 6.07) is 0. The molecule has 1 aliphatic rings. The van der Waals surface area contributed by atoms with Gasteiger partial charge in [0.15, 0.2) is 0 Å². The van der Waals surface area contributed by atoms with Gasteiger partial charge in [-0.2, -0.15) is 0 Å². The largest absolute Gasteiger partial charge is 0.367 e. The molecule has 0 radical (unpaired) electrons. The molecule has 0 atom stereocenters. The Morgan fingerprint density at radius 2 is 1.96 bits per heavy atom. The molecule has 0 saturated carbocycles. The number of halogens is 1. The van der Waals surface area contributed by atoms with Crippen molar-refractivity contribution in [2.24, 2.45) is 0 Å². The van der Waals surface area contributed by atoms with E-state index in [0.717, 1.165) is 16.7 Å². The van der Waals surface area contributed by atoms with Crippen molar-refractivity contribution in [1.82, 2.24) is 24.8 Å². The minimum atomic E-state index is -0.240. The van der Waals surface area contributed by atoms with Crippen LogP contribution in [-0.4, -0.2) is 63.8 Å². The van der Waals surface area contributed by atoms with Crippen molar-refractivity contribution >= 4 is 23.4 Å². The molecule has 0 spiro atoms. The number of aromatic nitrogens is 3. The molecule has 3 rings (SSSR count). The fourth-order valence-electron chi connectivity index (χ4n) is 2.81. The van der Waals surface area contributed by atoms with Crippen LogP contribution in [0.1, 0.15) is 27.3 Å². The summed E-state index contributed by atoms with van der Waals surface area (Å²) in [5, 5.41) is 0.386. The molecule has 0 bridgehead atoms. The minimum absolute atomic E-state index is 0.0230. The first-order chi connectivity index (χ1) is 13.0. The molecule has 0 fully saturated rings. The van der Waals surface area contributed by atoms with E-state index >= 15 is 0 Å². The highest BCUT2D eigenvalue weighted by Crippen LogP contribution is 2.23. The van der Waals surface area contributed by atoms with Crippen molar-refractivity contribution in [2.45, 2.75) is 19.6 Å². The molecule has 2 aromatic rings. The number of fused-ring (bicyclic) bond motifs is 1. The quantitative estimate of drug-likeness (QED) is 0.766. The third kappa shape index (κ3) is 4.58. The maximum atomic E-state index is 12.6. The van der Waals surface area contributed by atoms with Crippen LogP contribution in [0.4, 0.5) is 0 Å². The van der Waals surface area contributed by atoms with Gasteiger partial charge in [-0.3, -0.25) is 14.6 Å². The van der Waals surface area contributed by atoms with Crippen LogP contribution in [0, 0.1) is 0 Å². The second-order valence-corrected chi connectivity index (χ2v) is 6.86. The average molecular weight is 390 g/mol. The minimum Gasteiger partial charge on any atom is -0.367 e. The van der Waals surface area contributed by atoms with Gasteiger partial charge in [0, 0.05) is 52.0 Å². The van der Waals surface area contributed by atoms with Crippen LogP contribution in [0.25, 0.3) is 0 Å². The Bertz CT molecular complexity index is 841. The van der Waals surface area contributed by atoms with Crippen molar-refractivity contribution in [3.8, 4) is 0 Å². The van der Waals surface area contributed by atoms with Gasteiger partial charge in [-0.25, -0.2) is 9.97 Å². The van der Waals surface area contributed by atoms with Gasteiger partial charge in [-0.15, -0.1) is 0 Å². The Balaban J connectivity index is 1.67. The first-order valence-electron chi connectivity index (χ1n) is 8.45. The topological polar surface area (TPSA) is 88.5 Å². The Labute approximate surface area is 162 Å². The molecular formula is C18H20ClN5O3. The fourth-order valence-corrected chi connectivity index (χ4v) is 2.90. The molecule has 9 heteroatoms.